The molecule has 0 saturated heterocycles. The number of nitrogens with one attached hydrogen (secondary N) is 1. The van der Waals surface area contributed by atoms with Crippen molar-refractivity contribution < 1.29 is 0 Å². The fourth-order valence-corrected chi connectivity index (χ4v) is 2.04. The number of anilines is 1. The number of aromatic nitrogens is 1. The first-order valence-electron chi connectivity index (χ1n) is 5.08. The second-order valence-electron chi connectivity index (χ2n) is 3.43. The van der Waals surface area contributed by atoms with Crippen LogP contribution in [0.5, 0.6) is 0 Å². The number of nitrogens with zero attached hydrogens (tertiary/aromatic N) is 2. The minimum Gasteiger partial charge on any atom is -0.351 e. The lowest BCUT2D eigenvalue weighted by atomic mass is 10.3. The molecule has 1 heterocycles. The Morgan fingerprint density at radius 1 is 1.57 bits per heavy atom. The fraction of sp³-hybridized carbons (Fsp3) is 0.700. The van der Waals surface area contributed by atoms with E-state index in [1.54, 1.807) is 11.3 Å². The predicted octanol–water partition coefficient (Wildman–Crippen LogP) is 2.10. The van der Waals surface area contributed by atoms with Gasteiger partial charge in [0.15, 0.2) is 5.13 Å². The van der Waals surface area contributed by atoms with Crippen LogP contribution < -0.4 is 10.2 Å². The lowest BCUT2D eigenvalue weighted by Gasteiger charge is -2.14. The molecule has 1 aromatic rings. The van der Waals surface area contributed by atoms with Gasteiger partial charge in [-0.2, -0.15) is 0 Å². The first kappa shape index (κ1) is 11.5. The first-order chi connectivity index (χ1) is 6.77. The van der Waals surface area contributed by atoms with Crippen LogP contribution in [0.1, 0.15) is 25.5 Å². The first-order valence-corrected chi connectivity index (χ1v) is 5.96. The number of thiazole rings is 1. The predicted molar refractivity (Wildman–Crippen MR) is 63.1 cm³/mol. The molecule has 4 heteroatoms. The van der Waals surface area contributed by atoms with Gasteiger partial charge in [-0.15, -0.1) is 11.3 Å². The molecule has 0 spiro atoms. The van der Waals surface area contributed by atoms with Crippen molar-refractivity contribution in [3.63, 3.8) is 0 Å². The van der Waals surface area contributed by atoms with E-state index in [4.69, 9.17) is 0 Å². The van der Waals surface area contributed by atoms with E-state index in [0.717, 1.165) is 23.9 Å². The van der Waals surface area contributed by atoms with Gasteiger partial charge in [0.2, 0.25) is 0 Å². The van der Waals surface area contributed by atoms with E-state index >= 15 is 0 Å². The third kappa shape index (κ3) is 3.27. The molecule has 0 aliphatic heterocycles. The van der Waals surface area contributed by atoms with E-state index < -0.39 is 0 Å². The largest absolute Gasteiger partial charge is 0.351 e. The molecule has 0 atom stereocenters. The minimum absolute atomic E-state index is 0.859. The summed E-state index contributed by atoms with van der Waals surface area (Å²) >= 11 is 1.72. The topological polar surface area (TPSA) is 28.2 Å². The van der Waals surface area contributed by atoms with Crippen LogP contribution in [0.25, 0.3) is 0 Å². The van der Waals surface area contributed by atoms with Crippen LogP contribution in [0.15, 0.2) is 5.38 Å². The number of hydrogen-bond donors (Lipinski definition) is 1. The average Bonchev–Trinajstić information content (AvgIpc) is 2.63. The van der Waals surface area contributed by atoms with Gasteiger partial charge >= 0.3 is 0 Å². The van der Waals surface area contributed by atoms with Crippen LogP contribution in [0.2, 0.25) is 0 Å². The molecule has 0 saturated carbocycles. The van der Waals surface area contributed by atoms with Gasteiger partial charge in [-0.3, -0.25) is 0 Å². The van der Waals surface area contributed by atoms with E-state index in [2.05, 4.69) is 34.6 Å². The molecule has 0 aliphatic carbocycles. The smallest absolute Gasteiger partial charge is 0.185 e. The molecule has 0 bridgehead atoms. The van der Waals surface area contributed by atoms with Crippen molar-refractivity contribution >= 4 is 16.5 Å². The van der Waals surface area contributed by atoms with Gasteiger partial charge in [0.05, 0.1) is 5.69 Å². The van der Waals surface area contributed by atoms with E-state index in [9.17, 15) is 0 Å². The van der Waals surface area contributed by atoms with Crippen molar-refractivity contribution in [1.29, 1.82) is 0 Å². The molecular weight excluding hydrogens is 194 g/mol. The van der Waals surface area contributed by atoms with Gasteiger partial charge in [-0.1, -0.05) is 13.3 Å². The van der Waals surface area contributed by atoms with Crippen LogP contribution in [-0.4, -0.2) is 25.6 Å². The molecule has 0 fully saturated rings. The highest BCUT2D eigenvalue weighted by Gasteiger charge is 2.05. The highest BCUT2D eigenvalue weighted by molar-refractivity contribution is 7.13. The van der Waals surface area contributed by atoms with E-state index in [0.29, 0.717) is 0 Å². The summed E-state index contributed by atoms with van der Waals surface area (Å²) in [5.74, 6) is 0. The molecule has 1 rings (SSSR count). The van der Waals surface area contributed by atoms with Crippen molar-refractivity contribution in [1.82, 2.24) is 10.3 Å². The molecule has 0 aromatic carbocycles. The molecule has 14 heavy (non-hydrogen) atoms. The molecule has 1 N–H and O–H groups in total. The van der Waals surface area contributed by atoms with Gasteiger partial charge < -0.3 is 10.2 Å². The Labute approximate surface area is 90.2 Å². The van der Waals surface area contributed by atoms with Crippen LogP contribution in [0, 0.1) is 0 Å². The Kier molecular flexibility index (Phi) is 4.90. The number of rotatable bonds is 6. The second kappa shape index (κ2) is 5.98. The van der Waals surface area contributed by atoms with E-state index in [1.165, 1.54) is 12.8 Å². The summed E-state index contributed by atoms with van der Waals surface area (Å²) in [6.45, 7) is 4.17. The van der Waals surface area contributed by atoms with Crippen LogP contribution >= 0.6 is 11.3 Å². The zero-order chi connectivity index (χ0) is 10.4. The lowest BCUT2D eigenvalue weighted by Crippen LogP contribution is -2.18. The summed E-state index contributed by atoms with van der Waals surface area (Å²) in [7, 11) is 4.05. The van der Waals surface area contributed by atoms with Crippen molar-refractivity contribution in [2.75, 3.05) is 25.5 Å². The Balaban J connectivity index is 2.48. The van der Waals surface area contributed by atoms with Crippen molar-refractivity contribution in [2.24, 2.45) is 0 Å². The SMILES string of the molecule is CCCCN(C)c1nc(CNC)cs1. The quantitative estimate of drug-likeness (QED) is 0.784. The zero-order valence-electron chi connectivity index (χ0n) is 9.21. The zero-order valence-corrected chi connectivity index (χ0v) is 10.0. The summed E-state index contributed by atoms with van der Waals surface area (Å²) in [6, 6.07) is 0. The van der Waals surface area contributed by atoms with Gasteiger partial charge in [-0.25, -0.2) is 4.98 Å². The average molecular weight is 213 g/mol. The maximum atomic E-state index is 4.53. The van der Waals surface area contributed by atoms with Gasteiger partial charge in [-0.05, 0) is 13.5 Å². The summed E-state index contributed by atoms with van der Waals surface area (Å²) in [4.78, 5) is 6.76. The Morgan fingerprint density at radius 2 is 2.36 bits per heavy atom. The molecule has 0 radical (unpaired) electrons. The molecule has 1 aromatic heterocycles. The van der Waals surface area contributed by atoms with E-state index in [1.807, 2.05) is 7.05 Å². The molecule has 0 unspecified atom stereocenters. The Hall–Kier alpha value is -0.610. The van der Waals surface area contributed by atoms with Crippen LogP contribution in [0.4, 0.5) is 5.13 Å². The summed E-state index contributed by atoms with van der Waals surface area (Å²) in [6.07, 6.45) is 2.47. The lowest BCUT2D eigenvalue weighted by molar-refractivity contribution is 0.757. The normalized spacial score (nSPS) is 10.5. The van der Waals surface area contributed by atoms with E-state index in [-0.39, 0.29) is 0 Å². The van der Waals surface area contributed by atoms with Crippen molar-refractivity contribution in [3.05, 3.63) is 11.1 Å². The van der Waals surface area contributed by atoms with Crippen LogP contribution in [-0.2, 0) is 6.54 Å². The van der Waals surface area contributed by atoms with Crippen molar-refractivity contribution in [2.45, 2.75) is 26.3 Å². The highest BCUT2D eigenvalue weighted by atomic mass is 32.1. The summed E-state index contributed by atoms with van der Waals surface area (Å²) in [5, 5.41) is 6.35. The van der Waals surface area contributed by atoms with Crippen molar-refractivity contribution in [3.8, 4) is 0 Å². The third-order valence-electron chi connectivity index (χ3n) is 2.07. The molecule has 0 aliphatic rings. The molecular formula is C10H19N3S. The number of unbranched alkanes of at least 4 members (excludes halogenated alkanes) is 1. The molecule has 3 nitrogen and oxygen atoms in total. The fourth-order valence-electron chi connectivity index (χ4n) is 1.22. The maximum Gasteiger partial charge on any atom is 0.185 e. The Morgan fingerprint density at radius 3 is 3.00 bits per heavy atom. The van der Waals surface area contributed by atoms with Crippen LogP contribution in [0.3, 0.4) is 0 Å². The second-order valence-corrected chi connectivity index (χ2v) is 4.26. The highest BCUT2D eigenvalue weighted by Crippen LogP contribution is 2.19. The minimum atomic E-state index is 0.859. The monoisotopic (exact) mass is 213 g/mol. The third-order valence-corrected chi connectivity index (χ3v) is 3.07. The molecule has 80 valence electrons. The van der Waals surface area contributed by atoms with Gasteiger partial charge in [0.25, 0.3) is 0 Å². The maximum absolute atomic E-state index is 4.53. The number of hydrogen-bond acceptors (Lipinski definition) is 4. The van der Waals surface area contributed by atoms with Gasteiger partial charge in [0, 0.05) is 25.5 Å². The Bertz CT molecular complexity index is 260. The summed E-state index contributed by atoms with van der Waals surface area (Å²) in [5.41, 5.74) is 1.14. The molecule has 0 amide bonds. The standard InChI is InChI=1S/C10H19N3S/c1-4-5-6-13(3)10-12-9(7-11-2)8-14-10/h8,11H,4-7H2,1-3H3. The van der Waals surface area contributed by atoms with Gasteiger partial charge in [0.1, 0.15) is 0 Å². The summed E-state index contributed by atoms with van der Waals surface area (Å²) < 4.78 is 0.